The van der Waals surface area contributed by atoms with E-state index in [1.165, 1.54) is 4.31 Å². The van der Waals surface area contributed by atoms with Gasteiger partial charge in [-0.1, -0.05) is 16.8 Å². The summed E-state index contributed by atoms with van der Waals surface area (Å²) in [5.74, 6) is 0.320. The Morgan fingerprint density at radius 2 is 2.12 bits per heavy atom. The van der Waals surface area contributed by atoms with E-state index in [-0.39, 0.29) is 4.90 Å². The van der Waals surface area contributed by atoms with Crippen molar-refractivity contribution in [1.82, 2.24) is 14.4 Å². The molecule has 0 atom stereocenters. The summed E-state index contributed by atoms with van der Waals surface area (Å²) in [6.45, 7) is 3.99. The lowest BCUT2D eigenvalue weighted by Crippen LogP contribution is -2.36. The molecule has 0 saturated carbocycles. The van der Waals surface area contributed by atoms with Gasteiger partial charge in [0.25, 0.3) is 0 Å². The van der Waals surface area contributed by atoms with Crippen LogP contribution in [-0.4, -0.2) is 29.4 Å². The maximum atomic E-state index is 13.0. The lowest BCUT2D eigenvalue weighted by atomic mass is 10.1. The SMILES string of the molecule is Cc1noc(C)c1S(=O)(=O)N1CCc2[nH]c3ccc(Cl)cc3c2C1. The largest absolute Gasteiger partial charge is 0.360 e. The molecule has 4 rings (SSSR count). The van der Waals surface area contributed by atoms with Gasteiger partial charge in [-0.3, -0.25) is 0 Å². The number of aromatic nitrogens is 2. The van der Waals surface area contributed by atoms with Crippen molar-refractivity contribution in [2.75, 3.05) is 6.54 Å². The first kappa shape index (κ1) is 15.7. The summed E-state index contributed by atoms with van der Waals surface area (Å²) in [7, 11) is -3.65. The van der Waals surface area contributed by atoms with Gasteiger partial charge in [-0.15, -0.1) is 0 Å². The van der Waals surface area contributed by atoms with Gasteiger partial charge in [0.15, 0.2) is 5.76 Å². The zero-order valence-corrected chi connectivity index (χ0v) is 14.8. The lowest BCUT2D eigenvalue weighted by molar-refractivity contribution is 0.381. The van der Waals surface area contributed by atoms with Crippen LogP contribution in [0.1, 0.15) is 22.7 Å². The third-order valence-electron chi connectivity index (χ3n) is 4.47. The summed E-state index contributed by atoms with van der Waals surface area (Å²) in [6, 6.07) is 5.62. The molecule has 1 aromatic carbocycles. The van der Waals surface area contributed by atoms with E-state index in [2.05, 4.69) is 10.1 Å². The molecule has 0 saturated heterocycles. The van der Waals surface area contributed by atoms with Crippen LogP contribution in [0.3, 0.4) is 0 Å². The van der Waals surface area contributed by atoms with Gasteiger partial charge in [-0.25, -0.2) is 8.42 Å². The molecule has 0 fully saturated rings. The Labute approximate surface area is 144 Å². The summed E-state index contributed by atoms with van der Waals surface area (Å²) in [5, 5.41) is 5.37. The number of hydrogen-bond acceptors (Lipinski definition) is 4. The lowest BCUT2D eigenvalue weighted by Gasteiger charge is -2.26. The van der Waals surface area contributed by atoms with Crippen molar-refractivity contribution in [3.63, 3.8) is 0 Å². The summed E-state index contributed by atoms with van der Waals surface area (Å²) in [6.07, 6.45) is 0.629. The van der Waals surface area contributed by atoms with Crippen LogP contribution in [0.15, 0.2) is 27.6 Å². The zero-order chi connectivity index (χ0) is 17.1. The maximum absolute atomic E-state index is 13.0. The van der Waals surface area contributed by atoms with E-state index in [0.29, 0.717) is 36.0 Å². The first-order valence-electron chi connectivity index (χ1n) is 7.60. The Bertz CT molecular complexity index is 1030. The highest BCUT2D eigenvalue weighted by Crippen LogP contribution is 2.33. The molecule has 1 aliphatic rings. The molecule has 0 aliphatic carbocycles. The number of nitrogens with one attached hydrogen (secondary N) is 1. The Morgan fingerprint density at radius 1 is 1.33 bits per heavy atom. The highest BCUT2D eigenvalue weighted by atomic mass is 35.5. The second-order valence-corrected chi connectivity index (χ2v) is 8.33. The second-order valence-electron chi connectivity index (χ2n) is 6.01. The van der Waals surface area contributed by atoms with Gasteiger partial charge in [-0.2, -0.15) is 4.31 Å². The minimum absolute atomic E-state index is 0.170. The van der Waals surface area contributed by atoms with E-state index in [9.17, 15) is 8.42 Å². The Balaban J connectivity index is 1.79. The molecule has 3 aromatic rings. The van der Waals surface area contributed by atoms with Crippen molar-refractivity contribution in [2.45, 2.75) is 31.7 Å². The number of aryl methyl sites for hydroxylation is 2. The molecule has 1 N–H and O–H groups in total. The van der Waals surface area contributed by atoms with Crippen LogP contribution in [0.25, 0.3) is 10.9 Å². The fourth-order valence-electron chi connectivity index (χ4n) is 3.34. The summed E-state index contributed by atoms with van der Waals surface area (Å²) >= 11 is 6.10. The van der Waals surface area contributed by atoms with Crippen LogP contribution in [-0.2, 0) is 23.0 Å². The maximum Gasteiger partial charge on any atom is 0.248 e. The van der Waals surface area contributed by atoms with Gasteiger partial charge in [-0.05, 0) is 37.6 Å². The van der Waals surface area contributed by atoms with Crippen LogP contribution in [0.2, 0.25) is 5.02 Å². The Hall–Kier alpha value is -1.83. The van der Waals surface area contributed by atoms with Crippen LogP contribution in [0.4, 0.5) is 0 Å². The van der Waals surface area contributed by atoms with Gasteiger partial charge in [0.2, 0.25) is 10.0 Å². The molecule has 1 aliphatic heterocycles. The normalized spacial score (nSPS) is 15.8. The van der Waals surface area contributed by atoms with E-state index in [0.717, 1.165) is 22.2 Å². The minimum atomic E-state index is -3.65. The molecule has 0 spiro atoms. The summed E-state index contributed by atoms with van der Waals surface area (Å²) < 4.78 is 32.5. The molecule has 0 unspecified atom stereocenters. The van der Waals surface area contributed by atoms with E-state index in [1.54, 1.807) is 13.8 Å². The smallest absolute Gasteiger partial charge is 0.248 e. The monoisotopic (exact) mass is 365 g/mol. The fraction of sp³-hybridized carbons (Fsp3) is 0.312. The summed E-state index contributed by atoms with van der Waals surface area (Å²) in [5.41, 5.74) is 3.41. The van der Waals surface area contributed by atoms with Crippen LogP contribution in [0.5, 0.6) is 0 Å². The highest BCUT2D eigenvalue weighted by molar-refractivity contribution is 7.89. The van der Waals surface area contributed by atoms with Crippen LogP contribution < -0.4 is 0 Å². The second kappa shape index (κ2) is 5.34. The number of H-pyrrole nitrogens is 1. The number of benzene rings is 1. The average Bonchev–Trinajstić information content (AvgIpc) is 3.06. The Morgan fingerprint density at radius 3 is 2.83 bits per heavy atom. The molecule has 6 nitrogen and oxygen atoms in total. The number of rotatable bonds is 2. The van der Waals surface area contributed by atoms with E-state index >= 15 is 0 Å². The Kier molecular flexibility index (Phi) is 3.49. The third-order valence-corrected chi connectivity index (χ3v) is 6.79. The van der Waals surface area contributed by atoms with Crippen molar-refractivity contribution in [3.8, 4) is 0 Å². The van der Waals surface area contributed by atoms with Gasteiger partial charge in [0.05, 0.1) is 0 Å². The van der Waals surface area contributed by atoms with E-state index in [4.69, 9.17) is 16.1 Å². The molecular weight excluding hydrogens is 350 g/mol. The molecule has 2 aromatic heterocycles. The summed E-state index contributed by atoms with van der Waals surface area (Å²) in [4.78, 5) is 3.53. The zero-order valence-electron chi connectivity index (χ0n) is 13.3. The third kappa shape index (κ3) is 2.27. The molecule has 8 heteroatoms. The number of sulfonamides is 1. The van der Waals surface area contributed by atoms with Gasteiger partial charge >= 0.3 is 0 Å². The average molecular weight is 366 g/mol. The van der Waals surface area contributed by atoms with Crippen LogP contribution >= 0.6 is 11.6 Å². The predicted molar refractivity (Wildman–Crippen MR) is 90.6 cm³/mol. The van der Waals surface area contributed by atoms with Crippen LogP contribution in [0, 0.1) is 13.8 Å². The van der Waals surface area contributed by atoms with Crippen molar-refractivity contribution in [1.29, 1.82) is 0 Å². The quantitative estimate of drug-likeness (QED) is 0.756. The van der Waals surface area contributed by atoms with Crippen molar-refractivity contribution >= 4 is 32.5 Å². The van der Waals surface area contributed by atoms with E-state index < -0.39 is 10.0 Å². The van der Waals surface area contributed by atoms with Crippen molar-refractivity contribution in [3.05, 3.63) is 45.9 Å². The van der Waals surface area contributed by atoms with Gasteiger partial charge in [0.1, 0.15) is 10.6 Å². The number of fused-ring (bicyclic) bond motifs is 3. The molecule has 3 heterocycles. The van der Waals surface area contributed by atoms with Crippen molar-refractivity contribution in [2.24, 2.45) is 0 Å². The molecule has 0 amide bonds. The van der Waals surface area contributed by atoms with E-state index in [1.807, 2.05) is 18.2 Å². The standard InChI is InChI=1S/C16H16ClN3O3S/c1-9-16(10(2)23-19-9)24(21,22)20-6-5-15-13(8-20)12-7-11(17)3-4-14(12)18-15/h3-4,7,18H,5-6,8H2,1-2H3. The number of nitrogens with zero attached hydrogens (tertiary/aromatic N) is 2. The molecule has 126 valence electrons. The molecule has 24 heavy (non-hydrogen) atoms. The first-order valence-corrected chi connectivity index (χ1v) is 9.41. The molecular formula is C16H16ClN3O3S. The number of halogens is 1. The first-order chi connectivity index (χ1) is 11.4. The predicted octanol–water partition coefficient (Wildman–Crippen LogP) is 3.17. The fourth-order valence-corrected chi connectivity index (χ4v) is 5.21. The molecule has 0 bridgehead atoms. The van der Waals surface area contributed by atoms with Gasteiger partial charge in [0, 0.05) is 41.1 Å². The number of aromatic amines is 1. The van der Waals surface area contributed by atoms with Gasteiger partial charge < -0.3 is 9.51 Å². The number of hydrogen-bond donors (Lipinski definition) is 1. The minimum Gasteiger partial charge on any atom is -0.360 e. The molecule has 0 radical (unpaired) electrons. The topological polar surface area (TPSA) is 79.2 Å². The van der Waals surface area contributed by atoms with Crippen molar-refractivity contribution < 1.29 is 12.9 Å². The highest BCUT2D eigenvalue weighted by Gasteiger charge is 2.34.